The summed E-state index contributed by atoms with van der Waals surface area (Å²) in [6.45, 7) is 3.84. The number of amides is 1. The highest BCUT2D eigenvalue weighted by molar-refractivity contribution is 5.68. The van der Waals surface area contributed by atoms with E-state index in [4.69, 9.17) is 4.74 Å². The molecule has 0 aromatic heterocycles. The van der Waals surface area contributed by atoms with Crippen LogP contribution < -0.4 is 16.0 Å². The summed E-state index contributed by atoms with van der Waals surface area (Å²) in [7, 11) is 0. The molecule has 2 heterocycles. The molecule has 4 aliphatic rings. The molecule has 4 N–H and O–H groups in total. The zero-order valence-corrected chi connectivity index (χ0v) is 19.6. The normalized spacial score (nSPS) is 26.7. The van der Waals surface area contributed by atoms with Crippen LogP contribution in [0.3, 0.4) is 0 Å². The highest BCUT2D eigenvalue weighted by atomic mass is 16.5. The fourth-order valence-corrected chi connectivity index (χ4v) is 5.40. The van der Waals surface area contributed by atoms with Crippen LogP contribution in [0.25, 0.3) is 0 Å². The summed E-state index contributed by atoms with van der Waals surface area (Å²) in [4.78, 5) is 12.4. The Morgan fingerprint density at radius 1 is 1.20 bits per heavy atom. The van der Waals surface area contributed by atoms with Crippen LogP contribution in [0.5, 0.6) is 5.75 Å². The van der Waals surface area contributed by atoms with Crippen LogP contribution in [0.1, 0.15) is 30.9 Å². The predicted octanol–water partition coefficient (Wildman–Crippen LogP) is 4.84. The van der Waals surface area contributed by atoms with Crippen molar-refractivity contribution in [1.29, 1.82) is 0 Å². The molecule has 0 radical (unpaired) electrons. The summed E-state index contributed by atoms with van der Waals surface area (Å²) >= 11 is 0. The number of phenolic OH excluding ortho intramolecular Hbond substituents is 1. The molecule has 4 unspecified atom stereocenters. The van der Waals surface area contributed by atoms with Gasteiger partial charge in [0.2, 0.25) is 0 Å². The number of rotatable bonds is 6. The van der Waals surface area contributed by atoms with Crippen molar-refractivity contribution in [3.8, 4) is 5.75 Å². The summed E-state index contributed by atoms with van der Waals surface area (Å²) in [6.07, 6.45) is 19.8. The second kappa shape index (κ2) is 10.1. The molecule has 0 bridgehead atoms. The molecular formula is C29H31N3O3. The lowest BCUT2D eigenvalue weighted by atomic mass is 9.71. The number of carbonyl (C=O) groups is 1. The first kappa shape index (κ1) is 22.8. The molecule has 35 heavy (non-hydrogen) atoms. The minimum Gasteiger partial charge on any atom is -0.508 e. The van der Waals surface area contributed by atoms with Crippen LogP contribution in [-0.2, 0) is 4.74 Å². The number of hydrogen-bond donors (Lipinski definition) is 4. The van der Waals surface area contributed by atoms with Crippen molar-refractivity contribution in [2.24, 2.45) is 5.92 Å². The molecular weight excluding hydrogens is 438 g/mol. The molecule has 2 aliphatic heterocycles. The standard InChI is InChI=1S/C29H31N3O3/c1-2-3-4-5-6-17-35-29(34)31-20-9-12-22-24(18-20)28(19-7-10-21(33)11-8-19)32-26-14-13-25-23(27(22)26)15-16-30-25/h2-8,10-11,13-16,20,23,25,28,30,32-33H,1,9,12,17-18H2,(H,31,34)/b4-3-,6-5+. The highest BCUT2D eigenvalue weighted by Crippen LogP contribution is 2.47. The third-order valence-corrected chi connectivity index (χ3v) is 7.00. The van der Waals surface area contributed by atoms with Gasteiger partial charge in [-0.2, -0.15) is 0 Å². The number of benzene rings is 1. The van der Waals surface area contributed by atoms with Gasteiger partial charge in [0.05, 0.1) is 12.1 Å². The molecule has 1 aromatic carbocycles. The van der Waals surface area contributed by atoms with Gasteiger partial charge in [0.1, 0.15) is 12.4 Å². The molecule has 0 fully saturated rings. The summed E-state index contributed by atoms with van der Waals surface area (Å²) in [5, 5.41) is 20.1. The van der Waals surface area contributed by atoms with E-state index in [-0.39, 0.29) is 30.5 Å². The van der Waals surface area contributed by atoms with Crippen molar-refractivity contribution in [3.05, 3.63) is 114 Å². The monoisotopic (exact) mass is 469 g/mol. The van der Waals surface area contributed by atoms with Crippen LogP contribution in [0.4, 0.5) is 4.79 Å². The van der Waals surface area contributed by atoms with Gasteiger partial charge in [-0.25, -0.2) is 4.79 Å². The lowest BCUT2D eigenvalue weighted by Gasteiger charge is -2.42. The van der Waals surface area contributed by atoms with Crippen molar-refractivity contribution >= 4 is 6.09 Å². The Kier molecular flexibility index (Phi) is 6.62. The fraction of sp³-hybridized carbons (Fsp3) is 0.276. The zero-order chi connectivity index (χ0) is 24.2. The smallest absolute Gasteiger partial charge is 0.407 e. The van der Waals surface area contributed by atoms with E-state index in [1.807, 2.05) is 36.6 Å². The quantitative estimate of drug-likeness (QED) is 0.449. The molecule has 0 saturated carbocycles. The Hall–Kier alpha value is -3.93. The number of ether oxygens (including phenoxy) is 1. The molecule has 1 aromatic rings. The van der Waals surface area contributed by atoms with Crippen molar-refractivity contribution in [2.75, 3.05) is 6.61 Å². The Bertz CT molecular complexity index is 1170. The van der Waals surface area contributed by atoms with Crippen molar-refractivity contribution < 1.29 is 14.6 Å². The average molecular weight is 470 g/mol. The molecule has 6 nitrogen and oxygen atoms in total. The number of phenols is 1. The third-order valence-electron chi connectivity index (χ3n) is 7.00. The Labute approximate surface area is 206 Å². The molecule has 0 saturated heterocycles. The zero-order valence-electron chi connectivity index (χ0n) is 19.6. The first-order valence-electron chi connectivity index (χ1n) is 12.1. The SMILES string of the molecule is C=C/C=C\C=C\COC(=O)NC1CCC2=C(C1)C(c1ccc(O)cc1)NC1=C2C2C=CNC2C=C1. The van der Waals surface area contributed by atoms with Crippen molar-refractivity contribution in [3.63, 3.8) is 0 Å². The van der Waals surface area contributed by atoms with E-state index >= 15 is 0 Å². The second-order valence-corrected chi connectivity index (χ2v) is 9.17. The number of fused-ring (bicyclic) bond motifs is 3. The fourth-order valence-electron chi connectivity index (χ4n) is 5.40. The van der Waals surface area contributed by atoms with E-state index in [1.54, 1.807) is 24.3 Å². The van der Waals surface area contributed by atoms with Gasteiger partial charge in [0.25, 0.3) is 0 Å². The van der Waals surface area contributed by atoms with Crippen molar-refractivity contribution in [1.82, 2.24) is 16.0 Å². The van der Waals surface area contributed by atoms with Crippen LogP contribution >= 0.6 is 0 Å². The predicted molar refractivity (Wildman–Crippen MR) is 137 cm³/mol. The first-order valence-corrected chi connectivity index (χ1v) is 12.1. The topological polar surface area (TPSA) is 82.6 Å². The Morgan fingerprint density at radius 3 is 2.89 bits per heavy atom. The maximum absolute atomic E-state index is 12.4. The van der Waals surface area contributed by atoms with Crippen LogP contribution in [0, 0.1) is 5.92 Å². The van der Waals surface area contributed by atoms with Gasteiger partial charge in [-0.1, -0.05) is 55.2 Å². The van der Waals surface area contributed by atoms with E-state index in [0.717, 1.165) is 24.8 Å². The molecule has 5 rings (SSSR count). The largest absolute Gasteiger partial charge is 0.508 e. The van der Waals surface area contributed by atoms with Gasteiger partial charge in [-0.05, 0) is 72.0 Å². The van der Waals surface area contributed by atoms with Gasteiger partial charge in [0.15, 0.2) is 0 Å². The number of allylic oxidation sites excluding steroid dienone is 6. The lowest BCUT2D eigenvalue weighted by molar-refractivity contribution is 0.152. The number of carbonyl (C=O) groups excluding carboxylic acids is 1. The van der Waals surface area contributed by atoms with Crippen LogP contribution in [-0.4, -0.2) is 29.9 Å². The van der Waals surface area contributed by atoms with E-state index in [0.29, 0.717) is 5.92 Å². The van der Waals surface area contributed by atoms with Crippen molar-refractivity contribution in [2.45, 2.75) is 37.4 Å². The maximum Gasteiger partial charge on any atom is 0.407 e. The van der Waals surface area contributed by atoms with E-state index < -0.39 is 6.09 Å². The van der Waals surface area contributed by atoms with Gasteiger partial charge in [0, 0.05) is 17.7 Å². The Balaban J connectivity index is 1.35. The van der Waals surface area contributed by atoms with Crippen LogP contribution in [0.2, 0.25) is 0 Å². The third kappa shape index (κ3) is 4.83. The second-order valence-electron chi connectivity index (χ2n) is 9.17. The number of nitrogens with one attached hydrogen (secondary N) is 3. The van der Waals surface area contributed by atoms with Gasteiger partial charge in [-0.3, -0.25) is 0 Å². The number of alkyl carbamates (subject to hydrolysis) is 1. The molecule has 180 valence electrons. The summed E-state index contributed by atoms with van der Waals surface area (Å²) in [5.41, 5.74) is 6.32. The maximum atomic E-state index is 12.4. The summed E-state index contributed by atoms with van der Waals surface area (Å²) in [5.74, 6) is 0.561. The van der Waals surface area contributed by atoms with Gasteiger partial charge in [-0.15, -0.1) is 0 Å². The Morgan fingerprint density at radius 2 is 2.06 bits per heavy atom. The van der Waals surface area contributed by atoms with E-state index in [2.05, 4.69) is 40.8 Å². The first-order chi connectivity index (χ1) is 17.1. The summed E-state index contributed by atoms with van der Waals surface area (Å²) in [6, 6.07) is 7.67. The molecule has 0 spiro atoms. The van der Waals surface area contributed by atoms with Gasteiger partial charge >= 0.3 is 6.09 Å². The molecule has 2 aliphatic carbocycles. The minimum absolute atomic E-state index is 0.00151. The number of dihydropyridines is 1. The van der Waals surface area contributed by atoms with Crippen LogP contribution in [0.15, 0.2) is 108 Å². The van der Waals surface area contributed by atoms with E-state index in [1.165, 1.54) is 22.4 Å². The van der Waals surface area contributed by atoms with Gasteiger partial charge < -0.3 is 25.8 Å². The molecule has 1 amide bonds. The lowest BCUT2D eigenvalue weighted by Crippen LogP contribution is -2.42. The number of hydrogen-bond acceptors (Lipinski definition) is 5. The van der Waals surface area contributed by atoms with E-state index in [9.17, 15) is 9.90 Å². The summed E-state index contributed by atoms with van der Waals surface area (Å²) < 4.78 is 5.34. The number of aromatic hydroxyl groups is 1. The molecule has 6 heteroatoms. The minimum atomic E-state index is -0.398. The molecule has 4 atom stereocenters. The average Bonchev–Trinajstić information content (AvgIpc) is 3.35. The highest BCUT2D eigenvalue weighted by Gasteiger charge is 2.39.